The van der Waals surface area contributed by atoms with E-state index in [2.05, 4.69) is 11.4 Å². The summed E-state index contributed by atoms with van der Waals surface area (Å²) in [5.74, 6) is -1.18. The first-order valence-corrected chi connectivity index (χ1v) is 7.75. The molecule has 0 unspecified atom stereocenters. The number of carbonyl (C=O) groups is 2. The number of methoxy groups -OCH3 is 1. The predicted octanol–water partition coefficient (Wildman–Crippen LogP) is 2.43. The van der Waals surface area contributed by atoms with E-state index in [9.17, 15) is 14.9 Å². The smallest absolute Gasteiger partial charge is 0.338 e. The van der Waals surface area contributed by atoms with Crippen LogP contribution in [-0.4, -0.2) is 30.6 Å². The Bertz CT molecular complexity index is 619. The van der Waals surface area contributed by atoms with E-state index in [-0.39, 0.29) is 5.92 Å². The Morgan fingerprint density at radius 1 is 1.25 bits per heavy atom. The molecule has 0 aliphatic heterocycles. The summed E-state index contributed by atoms with van der Waals surface area (Å²) in [5, 5.41) is 11.9. The zero-order valence-corrected chi connectivity index (χ0v) is 14.8. The second-order valence-electron chi connectivity index (χ2n) is 6.14. The molecule has 6 nitrogen and oxygen atoms in total. The fraction of sp³-hybridized carbons (Fsp3) is 0.500. The fourth-order valence-corrected chi connectivity index (χ4v) is 1.84. The minimum absolute atomic E-state index is 0.0809. The molecule has 1 aromatic carbocycles. The second-order valence-corrected chi connectivity index (χ2v) is 6.14. The van der Waals surface area contributed by atoms with Crippen LogP contribution in [0, 0.1) is 17.2 Å². The van der Waals surface area contributed by atoms with Crippen molar-refractivity contribution in [3.63, 3.8) is 0 Å². The molecule has 0 spiro atoms. The molecule has 0 aliphatic carbocycles. The van der Waals surface area contributed by atoms with Crippen molar-refractivity contribution < 1.29 is 19.1 Å². The normalized spacial score (nSPS) is 14.4. The standard InChI is InChI=1S/C18H24N2O4/c1-12(2)18(4,11-19)20-16(21)13(3)24-17(22)15-8-6-14(7-9-15)10-23-5/h6-9,12-13H,10H2,1-5H3,(H,20,21)/t13-,18-/m0/s1. The molecular weight excluding hydrogens is 308 g/mol. The predicted molar refractivity (Wildman–Crippen MR) is 89.0 cm³/mol. The summed E-state index contributed by atoms with van der Waals surface area (Å²) < 4.78 is 10.2. The molecule has 0 bridgehead atoms. The topological polar surface area (TPSA) is 88.4 Å². The third-order valence-electron chi connectivity index (χ3n) is 3.92. The highest BCUT2D eigenvalue weighted by Gasteiger charge is 2.32. The Morgan fingerprint density at radius 3 is 2.29 bits per heavy atom. The summed E-state index contributed by atoms with van der Waals surface area (Å²) in [6, 6.07) is 8.84. The van der Waals surface area contributed by atoms with E-state index >= 15 is 0 Å². The highest BCUT2D eigenvalue weighted by Crippen LogP contribution is 2.16. The highest BCUT2D eigenvalue weighted by atomic mass is 16.5. The van der Waals surface area contributed by atoms with Gasteiger partial charge in [-0.25, -0.2) is 4.79 Å². The van der Waals surface area contributed by atoms with Crippen LogP contribution in [0.2, 0.25) is 0 Å². The van der Waals surface area contributed by atoms with Gasteiger partial charge in [0.15, 0.2) is 6.10 Å². The maximum absolute atomic E-state index is 12.2. The molecule has 0 saturated heterocycles. The third kappa shape index (κ3) is 5.07. The molecule has 2 atom stereocenters. The van der Waals surface area contributed by atoms with Crippen LogP contribution in [0.5, 0.6) is 0 Å². The largest absolute Gasteiger partial charge is 0.449 e. The number of amides is 1. The van der Waals surface area contributed by atoms with E-state index in [1.807, 2.05) is 13.8 Å². The fourth-order valence-electron chi connectivity index (χ4n) is 1.84. The van der Waals surface area contributed by atoms with Crippen LogP contribution in [-0.2, 0) is 20.9 Å². The van der Waals surface area contributed by atoms with E-state index in [1.54, 1.807) is 38.3 Å². The third-order valence-corrected chi connectivity index (χ3v) is 3.92. The van der Waals surface area contributed by atoms with Crippen molar-refractivity contribution in [1.29, 1.82) is 5.26 Å². The van der Waals surface area contributed by atoms with Crippen LogP contribution in [0.3, 0.4) is 0 Å². The Hall–Kier alpha value is -2.39. The van der Waals surface area contributed by atoms with Crippen LogP contribution in [0.1, 0.15) is 43.6 Å². The van der Waals surface area contributed by atoms with Gasteiger partial charge in [0.25, 0.3) is 5.91 Å². The number of nitrogens with zero attached hydrogens (tertiary/aromatic N) is 1. The van der Waals surface area contributed by atoms with Gasteiger partial charge in [0.05, 0.1) is 18.2 Å². The molecule has 1 N–H and O–H groups in total. The minimum atomic E-state index is -1.01. The molecule has 0 aromatic heterocycles. The summed E-state index contributed by atoms with van der Waals surface area (Å²) >= 11 is 0. The first kappa shape index (κ1) is 19.7. The number of hydrogen-bond donors (Lipinski definition) is 1. The molecule has 0 radical (unpaired) electrons. The molecule has 130 valence electrons. The van der Waals surface area contributed by atoms with E-state index in [0.29, 0.717) is 12.2 Å². The van der Waals surface area contributed by atoms with Gasteiger partial charge in [-0.3, -0.25) is 4.79 Å². The van der Waals surface area contributed by atoms with Crippen molar-refractivity contribution in [2.75, 3.05) is 7.11 Å². The summed E-state index contributed by atoms with van der Waals surface area (Å²) in [6.07, 6.45) is -0.998. The van der Waals surface area contributed by atoms with Crippen LogP contribution in [0.4, 0.5) is 0 Å². The quantitative estimate of drug-likeness (QED) is 0.775. The summed E-state index contributed by atoms with van der Waals surface area (Å²) in [6.45, 7) is 7.24. The molecule has 24 heavy (non-hydrogen) atoms. The molecule has 0 aliphatic rings. The number of rotatable bonds is 7. The SMILES string of the molecule is COCc1ccc(C(=O)O[C@@H](C)C(=O)N[C@@](C)(C#N)C(C)C)cc1. The average molecular weight is 332 g/mol. The Labute approximate surface area is 142 Å². The number of nitriles is 1. The van der Waals surface area contributed by atoms with Gasteiger partial charge in [-0.2, -0.15) is 5.26 Å². The van der Waals surface area contributed by atoms with E-state index in [1.165, 1.54) is 6.92 Å². The molecule has 0 heterocycles. The maximum Gasteiger partial charge on any atom is 0.338 e. The molecule has 1 amide bonds. The molecule has 0 fully saturated rings. The number of hydrogen-bond acceptors (Lipinski definition) is 5. The summed E-state index contributed by atoms with van der Waals surface area (Å²) in [5.41, 5.74) is 0.266. The first-order valence-electron chi connectivity index (χ1n) is 7.75. The van der Waals surface area contributed by atoms with Crippen molar-refractivity contribution in [3.8, 4) is 6.07 Å². The van der Waals surface area contributed by atoms with Crippen molar-refractivity contribution >= 4 is 11.9 Å². The average Bonchev–Trinajstić information content (AvgIpc) is 2.55. The number of benzene rings is 1. The lowest BCUT2D eigenvalue weighted by molar-refractivity contribution is -0.130. The number of esters is 1. The minimum Gasteiger partial charge on any atom is -0.449 e. The van der Waals surface area contributed by atoms with Gasteiger partial charge >= 0.3 is 5.97 Å². The monoisotopic (exact) mass is 332 g/mol. The highest BCUT2D eigenvalue weighted by molar-refractivity contribution is 5.92. The van der Waals surface area contributed by atoms with Gasteiger partial charge in [-0.05, 0) is 37.5 Å². The molecule has 6 heteroatoms. The van der Waals surface area contributed by atoms with Gasteiger partial charge < -0.3 is 14.8 Å². The van der Waals surface area contributed by atoms with Gasteiger partial charge in [0, 0.05) is 7.11 Å². The zero-order valence-electron chi connectivity index (χ0n) is 14.8. The number of carbonyl (C=O) groups excluding carboxylic acids is 2. The van der Waals surface area contributed by atoms with Crippen molar-refractivity contribution in [2.45, 2.75) is 45.9 Å². The van der Waals surface area contributed by atoms with Gasteiger partial charge in [-0.15, -0.1) is 0 Å². The van der Waals surface area contributed by atoms with Gasteiger partial charge in [-0.1, -0.05) is 26.0 Å². The Kier molecular flexibility index (Phi) is 6.93. The first-order chi connectivity index (χ1) is 11.2. The van der Waals surface area contributed by atoms with Crippen molar-refractivity contribution in [2.24, 2.45) is 5.92 Å². The zero-order chi connectivity index (χ0) is 18.3. The van der Waals surface area contributed by atoms with E-state index in [4.69, 9.17) is 9.47 Å². The molecular formula is C18H24N2O4. The Balaban J connectivity index is 2.69. The molecule has 1 aromatic rings. The van der Waals surface area contributed by atoms with E-state index < -0.39 is 23.5 Å². The lowest BCUT2D eigenvalue weighted by Gasteiger charge is -2.28. The molecule has 1 rings (SSSR count). The summed E-state index contributed by atoms with van der Waals surface area (Å²) in [7, 11) is 1.59. The molecule has 0 saturated carbocycles. The number of nitrogens with one attached hydrogen (secondary N) is 1. The maximum atomic E-state index is 12.2. The van der Waals surface area contributed by atoms with Crippen molar-refractivity contribution in [1.82, 2.24) is 5.32 Å². The number of ether oxygens (including phenoxy) is 2. The van der Waals surface area contributed by atoms with Crippen molar-refractivity contribution in [3.05, 3.63) is 35.4 Å². The van der Waals surface area contributed by atoms with Crippen LogP contribution < -0.4 is 5.32 Å². The van der Waals surface area contributed by atoms with Gasteiger partial charge in [0.1, 0.15) is 5.54 Å². The van der Waals surface area contributed by atoms with Crippen LogP contribution in [0.15, 0.2) is 24.3 Å². The van der Waals surface area contributed by atoms with Crippen LogP contribution in [0.25, 0.3) is 0 Å². The summed E-state index contributed by atoms with van der Waals surface area (Å²) in [4.78, 5) is 24.3. The van der Waals surface area contributed by atoms with E-state index in [0.717, 1.165) is 5.56 Å². The second kappa shape index (κ2) is 8.46. The lowest BCUT2D eigenvalue weighted by atomic mass is 9.90. The van der Waals surface area contributed by atoms with Gasteiger partial charge in [0.2, 0.25) is 0 Å². The Morgan fingerprint density at radius 2 is 1.83 bits per heavy atom. The van der Waals surface area contributed by atoms with Crippen LogP contribution >= 0.6 is 0 Å². The lowest BCUT2D eigenvalue weighted by Crippen LogP contribution is -2.52.